The molecule has 0 unspecified atom stereocenters. The van der Waals surface area contributed by atoms with Gasteiger partial charge in [0.25, 0.3) is 0 Å². The van der Waals surface area contributed by atoms with Crippen LogP contribution in [0.5, 0.6) is 0 Å². The van der Waals surface area contributed by atoms with Crippen LogP contribution in [-0.4, -0.2) is 16.1 Å². The van der Waals surface area contributed by atoms with Crippen molar-refractivity contribution in [3.63, 3.8) is 0 Å². The van der Waals surface area contributed by atoms with E-state index in [4.69, 9.17) is 4.43 Å². The van der Waals surface area contributed by atoms with Crippen molar-refractivity contribution >= 4 is 10.5 Å². The Bertz CT molecular complexity index is 176. The third-order valence-corrected chi connectivity index (χ3v) is 4.09. The molecule has 0 radical (unpaired) electrons. The summed E-state index contributed by atoms with van der Waals surface area (Å²) >= 11 is 0. The molecule has 2 heteroatoms. The van der Waals surface area contributed by atoms with Crippen molar-refractivity contribution in [2.75, 3.05) is 0 Å². The van der Waals surface area contributed by atoms with Gasteiger partial charge in [0.2, 0.25) is 0 Å². The molecule has 0 heterocycles. The van der Waals surface area contributed by atoms with Crippen LogP contribution in [0, 0.1) is 16.2 Å². The summed E-state index contributed by atoms with van der Waals surface area (Å²) in [7, 11) is 0.789. The Labute approximate surface area is 99.5 Å². The zero-order valence-corrected chi connectivity index (χ0v) is 14.4. The second-order valence-electron chi connectivity index (χ2n) is 7.64. The van der Waals surface area contributed by atoms with Crippen LogP contribution in [0.4, 0.5) is 0 Å². The molecule has 0 saturated heterocycles. The van der Waals surface area contributed by atoms with Gasteiger partial charge < -0.3 is 4.43 Å². The van der Waals surface area contributed by atoms with Crippen LogP contribution in [0.2, 0.25) is 0 Å². The Morgan fingerprint density at radius 3 is 0.800 bits per heavy atom. The van der Waals surface area contributed by atoms with Crippen molar-refractivity contribution in [3.8, 4) is 0 Å². The predicted octanol–water partition coefficient (Wildman–Crippen LogP) is 3.16. The van der Waals surface area contributed by atoms with Gasteiger partial charge in [-0.1, -0.05) is 62.3 Å². The lowest BCUT2D eigenvalue weighted by molar-refractivity contribution is -0.181. The zero-order valence-electron chi connectivity index (χ0n) is 12.4. The highest BCUT2D eigenvalue weighted by atomic mass is 28.2. The van der Waals surface area contributed by atoms with Crippen molar-refractivity contribution in [1.29, 1.82) is 0 Å². The van der Waals surface area contributed by atoms with Crippen molar-refractivity contribution < 1.29 is 4.43 Å². The molecule has 0 rings (SSSR count). The minimum absolute atomic E-state index is 0.0841. The van der Waals surface area contributed by atoms with E-state index in [2.05, 4.69) is 62.3 Å². The Morgan fingerprint density at radius 1 is 0.600 bits per heavy atom. The van der Waals surface area contributed by atoms with Crippen molar-refractivity contribution in [2.24, 2.45) is 16.2 Å². The van der Waals surface area contributed by atoms with Crippen LogP contribution in [0.3, 0.4) is 0 Å². The van der Waals surface area contributed by atoms with Gasteiger partial charge in [-0.15, -0.1) is 0 Å². The molecule has 0 aliphatic carbocycles. The van der Waals surface area contributed by atoms with Crippen molar-refractivity contribution in [1.82, 2.24) is 0 Å². The van der Waals surface area contributed by atoms with E-state index >= 15 is 0 Å². The quantitative estimate of drug-likeness (QED) is 0.629. The molecule has 0 aliphatic rings. The van der Waals surface area contributed by atoms with Gasteiger partial charge in [-0.05, 0) is 16.2 Å². The maximum Gasteiger partial charge on any atom is 0.146 e. The molecule has 0 bridgehead atoms. The van der Waals surface area contributed by atoms with Crippen molar-refractivity contribution in [2.45, 2.75) is 67.9 Å². The summed E-state index contributed by atoms with van der Waals surface area (Å²) in [6, 6.07) is 0. The monoisotopic (exact) mass is 230 g/mol. The fourth-order valence-electron chi connectivity index (χ4n) is 4.29. The van der Waals surface area contributed by atoms with Crippen LogP contribution in [0.25, 0.3) is 0 Å². The summed E-state index contributed by atoms with van der Waals surface area (Å²) < 4.78 is 6.17. The van der Waals surface area contributed by atoms with E-state index in [1.807, 2.05) is 0 Å². The molecule has 0 saturated carbocycles. The van der Waals surface area contributed by atoms with E-state index in [0.29, 0.717) is 0 Å². The summed E-state index contributed by atoms with van der Waals surface area (Å²) in [6.45, 7) is 20.6. The lowest BCUT2D eigenvalue weighted by Gasteiger charge is -2.60. The van der Waals surface area contributed by atoms with Crippen molar-refractivity contribution in [3.05, 3.63) is 0 Å². The number of hydrogen-bond acceptors (Lipinski definition) is 1. The highest BCUT2D eigenvalue weighted by molar-refractivity contribution is 5.98. The van der Waals surface area contributed by atoms with Gasteiger partial charge in [0.1, 0.15) is 10.5 Å². The smallest absolute Gasteiger partial charge is 0.146 e. The number of rotatable bonds is 1. The summed E-state index contributed by atoms with van der Waals surface area (Å²) in [5.74, 6) is 0. The molecular weight excluding hydrogens is 200 g/mol. The van der Waals surface area contributed by atoms with E-state index in [1.165, 1.54) is 0 Å². The van der Waals surface area contributed by atoms with Gasteiger partial charge in [0.05, 0.1) is 5.60 Å². The molecule has 0 N–H and O–H groups in total. The molecule has 0 atom stereocenters. The fraction of sp³-hybridized carbons (Fsp3) is 1.00. The molecule has 0 fully saturated rings. The maximum atomic E-state index is 6.17. The van der Waals surface area contributed by atoms with Gasteiger partial charge in [-0.25, -0.2) is 0 Å². The SMILES string of the molecule is CC(C)(C)C(O[SiH3])(C(C)(C)C)C(C)(C)C. The second-order valence-corrected chi connectivity index (χ2v) is 8.04. The standard InChI is InChI=1S/C13H30OSi/c1-10(2,3)13(14-15,11(4,5)6)12(7,8)9/h1-9,15H3. The van der Waals surface area contributed by atoms with Crippen LogP contribution in [0.15, 0.2) is 0 Å². The Kier molecular flexibility index (Phi) is 3.93. The average Bonchev–Trinajstić information content (AvgIpc) is 1.76. The molecule has 0 aromatic carbocycles. The predicted molar refractivity (Wildman–Crippen MR) is 72.1 cm³/mol. The van der Waals surface area contributed by atoms with E-state index < -0.39 is 0 Å². The highest BCUT2D eigenvalue weighted by Crippen LogP contribution is 2.55. The number of hydrogen-bond donors (Lipinski definition) is 0. The summed E-state index contributed by atoms with van der Waals surface area (Å²) in [4.78, 5) is 0. The van der Waals surface area contributed by atoms with Gasteiger partial charge in [0.15, 0.2) is 0 Å². The van der Waals surface area contributed by atoms with E-state index in [-0.39, 0.29) is 21.8 Å². The first kappa shape index (κ1) is 15.2. The Balaban J connectivity index is 5.78. The van der Waals surface area contributed by atoms with E-state index in [0.717, 1.165) is 10.5 Å². The topological polar surface area (TPSA) is 9.23 Å². The lowest BCUT2D eigenvalue weighted by atomic mass is 9.52. The van der Waals surface area contributed by atoms with Crippen LogP contribution < -0.4 is 0 Å². The third kappa shape index (κ3) is 2.31. The van der Waals surface area contributed by atoms with Gasteiger partial charge in [-0.2, -0.15) is 0 Å². The van der Waals surface area contributed by atoms with Gasteiger partial charge >= 0.3 is 0 Å². The lowest BCUT2D eigenvalue weighted by Crippen LogP contribution is -2.62. The van der Waals surface area contributed by atoms with Crippen LogP contribution >= 0.6 is 0 Å². The molecule has 15 heavy (non-hydrogen) atoms. The fourth-order valence-corrected chi connectivity index (χ4v) is 6.13. The first-order valence-electron chi connectivity index (χ1n) is 5.86. The minimum atomic E-state index is -0.0841. The molecule has 0 aliphatic heterocycles. The molecule has 0 amide bonds. The molecule has 92 valence electrons. The third-order valence-electron chi connectivity index (χ3n) is 3.47. The van der Waals surface area contributed by atoms with Crippen LogP contribution in [0.1, 0.15) is 62.3 Å². The summed E-state index contributed by atoms with van der Waals surface area (Å²) in [5.41, 5.74) is 0.348. The normalized spacial score (nSPS) is 15.8. The summed E-state index contributed by atoms with van der Waals surface area (Å²) in [5, 5.41) is 0. The molecule has 0 aromatic heterocycles. The second kappa shape index (κ2) is 3.88. The molecule has 1 nitrogen and oxygen atoms in total. The van der Waals surface area contributed by atoms with Gasteiger partial charge in [-0.3, -0.25) is 0 Å². The molecule has 0 spiro atoms. The average molecular weight is 230 g/mol. The molecular formula is C13H30OSi. The van der Waals surface area contributed by atoms with E-state index in [1.54, 1.807) is 0 Å². The first-order valence-corrected chi connectivity index (χ1v) is 6.68. The Hall–Kier alpha value is 0.177. The minimum Gasteiger partial charge on any atom is -0.421 e. The van der Waals surface area contributed by atoms with E-state index in [9.17, 15) is 0 Å². The zero-order chi connectivity index (χ0) is 12.7. The van der Waals surface area contributed by atoms with Gasteiger partial charge in [0, 0.05) is 0 Å². The summed E-state index contributed by atoms with van der Waals surface area (Å²) in [6.07, 6.45) is 0. The Morgan fingerprint density at radius 2 is 0.800 bits per heavy atom. The first-order chi connectivity index (χ1) is 6.31. The largest absolute Gasteiger partial charge is 0.421 e. The maximum absolute atomic E-state index is 6.17. The highest BCUT2D eigenvalue weighted by Gasteiger charge is 2.57. The van der Waals surface area contributed by atoms with Crippen LogP contribution in [-0.2, 0) is 4.43 Å². The molecule has 0 aromatic rings.